The fourth-order valence-corrected chi connectivity index (χ4v) is 8.39. The number of hydrazone groups is 1. The minimum Gasteiger partial charge on any atom is -0.400 e. The molecule has 0 unspecified atom stereocenters. The van der Waals surface area contributed by atoms with Gasteiger partial charge in [-0.1, -0.05) is 77.9 Å². The van der Waals surface area contributed by atoms with Gasteiger partial charge in [-0.3, -0.25) is 24.2 Å². The summed E-state index contributed by atoms with van der Waals surface area (Å²) in [6, 6.07) is 14.8. The van der Waals surface area contributed by atoms with E-state index in [1.807, 2.05) is 76.2 Å². The number of primary amides is 1. The van der Waals surface area contributed by atoms with Crippen molar-refractivity contribution in [1.82, 2.24) is 10.6 Å². The molecule has 56 heavy (non-hydrogen) atoms. The maximum absolute atomic E-state index is 13.9. The number of hydrogen-bond acceptors (Lipinski definition) is 11. The number of nitrogens with zero attached hydrogens (tertiary/aromatic N) is 3. The molecule has 4 amide bonds. The molecule has 1 aliphatic heterocycles. The predicted octanol–water partition coefficient (Wildman–Crippen LogP) is 5.74. The Labute approximate surface area is 342 Å². The molecule has 13 nitrogen and oxygen atoms in total. The lowest BCUT2D eigenvalue weighted by Gasteiger charge is -2.31. The maximum atomic E-state index is 13.9. The third kappa shape index (κ3) is 17.1. The highest BCUT2D eigenvalue weighted by molar-refractivity contribution is 8.77. The second-order valence-corrected chi connectivity index (χ2v) is 17.8. The van der Waals surface area contributed by atoms with Crippen molar-refractivity contribution in [1.29, 1.82) is 0 Å². The van der Waals surface area contributed by atoms with Crippen LogP contribution in [0.1, 0.15) is 111 Å². The number of hydrogen-bond donors (Lipinski definition) is 5. The number of likely N-dealkylation sites (N-methyl/N-ethyl adjacent to an activating group) is 1. The van der Waals surface area contributed by atoms with E-state index in [0.29, 0.717) is 47.7 Å². The van der Waals surface area contributed by atoms with Crippen LogP contribution in [0.15, 0.2) is 58.6 Å². The molecular weight excluding hydrogens is 751 g/mol. The van der Waals surface area contributed by atoms with Crippen molar-refractivity contribution in [3.8, 4) is 0 Å². The topological polar surface area (TPSA) is 202 Å². The fourth-order valence-electron chi connectivity index (χ4n) is 5.52. The molecule has 0 bridgehead atoms. The quantitative estimate of drug-likeness (QED) is 0.0538. The van der Waals surface area contributed by atoms with Gasteiger partial charge in [0.05, 0.1) is 23.5 Å². The number of para-hydroxylation sites is 1. The number of aliphatic hydroxyl groups excluding tert-OH is 1. The van der Waals surface area contributed by atoms with Crippen LogP contribution < -0.4 is 27.1 Å². The van der Waals surface area contributed by atoms with Gasteiger partial charge in [0.15, 0.2) is 0 Å². The van der Waals surface area contributed by atoms with E-state index < -0.39 is 5.54 Å². The number of benzene rings is 2. The minimum atomic E-state index is -0.547. The molecule has 1 heterocycles. The first-order chi connectivity index (χ1) is 26.5. The number of carbonyl (C=O) groups excluding carboxylic acids is 4. The Hall–Kier alpha value is -3.92. The highest BCUT2D eigenvalue weighted by Crippen LogP contribution is 2.40. The molecule has 0 saturated carbocycles. The molecule has 312 valence electrons. The van der Waals surface area contributed by atoms with Crippen LogP contribution in [0.4, 0.5) is 5.69 Å². The summed E-state index contributed by atoms with van der Waals surface area (Å²) in [7, 11) is 6.08. The molecule has 2 aromatic rings. The average molecular weight is 816 g/mol. The molecule has 0 fully saturated rings. The Morgan fingerprint density at radius 2 is 1.48 bits per heavy atom. The van der Waals surface area contributed by atoms with E-state index in [0.717, 1.165) is 31.3 Å². The molecule has 0 atom stereocenters. The zero-order valence-corrected chi connectivity index (χ0v) is 36.6. The van der Waals surface area contributed by atoms with E-state index in [4.69, 9.17) is 21.4 Å². The summed E-state index contributed by atoms with van der Waals surface area (Å²) in [5.41, 5.74) is 7.93. The molecule has 7 N–H and O–H groups in total. The molecule has 15 heteroatoms. The molecule has 0 radical (unpaired) electrons. The number of nitrogens with one attached hydrogen (secondary N) is 2. The van der Waals surface area contributed by atoms with Crippen molar-refractivity contribution in [2.75, 3.05) is 38.0 Å². The lowest BCUT2D eigenvalue weighted by molar-refractivity contribution is -0.126. The summed E-state index contributed by atoms with van der Waals surface area (Å²) in [6.07, 6.45) is 2.56. The van der Waals surface area contributed by atoms with E-state index in [2.05, 4.69) is 48.4 Å². The van der Waals surface area contributed by atoms with Gasteiger partial charge < -0.3 is 37.0 Å². The van der Waals surface area contributed by atoms with Gasteiger partial charge in [-0.25, -0.2) is 0 Å². The minimum absolute atomic E-state index is 0.0102. The summed E-state index contributed by atoms with van der Waals surface area (Å²) in [6.45, 7) is 16.8. The van der Waals surface area contributed by atoms with Crippen molar-refractivity contribution < 1.29 is 29.0 Å². The first-order valence-electron chi connectivity index (χ1n) is 19.0. The largest absolute Gasteiger partial charge is 0.400 e. The standard InChI is InChI=1S/C38H55N7O5S2.C2H6.CH4O/c1-36(2,20-22-50-37(3,4)21-23-51-52-38(5,6)19-18-30(39)46)43-31(47)16-17-33(49)45-25-26-12-8-9-13-27(26)34(42-24-32(48)41-7)35(44-40)28-14-10-11-15-29(28)45;2*1-2/h8-15H,16-25,40H2,1-7H3,(H2,39,46)(H,41,48)(H,43,47);1-2H3;2H,1H3/b42-34?,44-35-;;. The first kappa shape index (κ1) is 50.1. The molecule has 2 aromatic carbocycles. The van der Waals surface area contributed by atoms with Crippen molar-refractivity contribution in [3.05, 3.63) is 65.2 Å². The molecule has 3 rings (SSSR count). The summed E-state index contributed by atoms with van der Waals surface area (Å²) >= 11 is 0. The Morgan fingerprint density at radius 3 is 2.11 bits per heavy atom. The molecule has 0 spiro atoms. The monoisotopic (exact) mass is 815 g/mol. The summed E-state index contributed by atoms with van der Waals surface area (Å²) in [5.74, 6) is 5.86. The summed E-state index contributed by atoms with van der Waals surface area (Å²) < 4.78 is 6.19. The van der Waals surface area contributed by atoms with Crippen molar-refractivity contribution >= 4 is 62.3 Å². The molecule has 0 aliphatic carbocycles. The Kier molecular flexibility index (Phi) is 22.1. The van der Waals surface area contributed by atoms with Gasteiger partial charge in [0, 0.05) is 67.2 Å². The lowest BCUT2D eigenvalue weighted by Crippen LogP contribution is -2.45. The van der Waals surface area contributed by atoms with E-state index in [-0.39, 0.29) is 59.9 Å². The summed E-state index contributed by atoms with van der Waals surface area (Å²) in [4.78, 5) is 56.6. The number of rotatable bonds is 18. The van der Waals surface area contributed by atoms with Crippen molar-refractivity contribution in [2.45, 2.75) is 116 Å². The number of aliphatic imine (C=N–C) groups is 1. The van der Waals surface area contributed by atoms with E-state index in [1.165, 1.54) is 0 Å². The van der Waals surface area contributed by atoms with Crippen LogP contribution in [0, 0.1) is 0 Å². The number of amides is 4. The molecule has 1 aliphatic rings. The van der Waals surface area contributed by atoms with E-state index >= 15 is 0 Å². The maximum Gasteiger partial charge on any atom is 0.241 e. The highest BCUT2D eigenvalue weighted by atomic mass is 33.1. The Morgan fingerprint density at radius 1 is 0.857 bits per heavy atom. The third-order valence-electron chi connectivity index (χ3n) is 8.67. The van der Waals surface area contributed by atoms with Crippen LogP contribution in [0.5, 0.6) is 0 Å². The normalized spacial score (nSPS) is 14.2. The van der Waals surface area contributed by atoms with Gasteiger partial charge in [-0.05, 0) is 72.4 Å². The van der Waals surface area contributed by atoms with E-state index in [9.17, 15) is 19.2 Å². The third-order valence-corrected chi connectivity index (χ3v) is 12.0. The average Bonchev–Trinajstić information content (AvgIpc) is 3.16. The number of anilines is 1. The fraction of sp³-hybridized carbons (Fsp3) is 0.561. The predicted molar refractivity (Wildman–Crippen MR) is 233 cm³/mol. The van der Waals surface area contributed by atoms with Gasteiger partial charge >= 0.3 is 0 Å². The number of nitrogens with two attached hydrogens (primary N) is 2. The zero-order chi connectivity index (χ0) is 42.5. The van der Waals surface area contributed by atoms with Crippen LogP contribution >= 0.6 is 21.6 Å². The summed E-state index contributed by atoms with van der Waals surface area (Å²) in [5, 5.41) is 16.8. The van der Waals surface area contributed by atoms with Crippen LogP contribution in [-0.2, 0) is 30.5 Å². The van der Waals surface area contributed by atoms with Gasteiger partial charge in [0.1, 0.15) is 12.3 Å². The number of fused-ring (bicyclic) bond motifs is 2. The van der Waals surface area contributed by atoms with Gasteiger partial charge in [-0.2, -0.15) is 5.10 Å². The first-order valence-corrected chi connectivity index (χ1v) is 21.3. The Bertz CT molecular complexity index is 1650. The van der Waals surface area contributed by atoms with Gasteiger partial charge in [0.25, 0.3) is 0 Å². The highest BCUT2D eigenvalue weighted by Gasteiger charge is 2.30. The second-order valence-electron chi connectivity index (χ2n) is 14.6. The second kappa shape index (κ2) is 24.7. The SMILES string of the molecule is CC.CNC(=O)CN=C1/C(=N\N)c2ccccc2N(C(=O)CCC(=O)NC(C)(C)CCOC(C)(C)CCSSC(C)(C)CCC(N)=O)Cc2ccccc21.CO. The molecule has 0 saturated heterocycles. The van der Waals surface area contributed by atoms with Crippen LogP contribution in [0.25, 0.3) is 0 Å². The number of ether oxygens (including phenoxy) is 1. The van der Waals surface area contributed by atoms with Crippen LogP contribution in [0.3, 0.4) is 0 Å². The van der Waals surface area contributed by atoms with Gasteiger partial charge in [0.2, 0.25) is 23.6 Å². The van der Waals surface area contributed by atoms with Crippen LogP contribution in [0.2, 0.25) is 0 Å². The molecular formula is C41H65N7O6S2. The van der Waals surface area contributed by atoms with Crippen molar-refractivity contribution in [3.63, 3.8) is 0 Å². The Balaban J connectivity index is 0.00000379. The lowest BCUT2D eigenvalue weighted by atomic mass is 9.91. The zero-order valence-electron chi connectivity index (χ0n) is 35.0. The molecule has 0 aromatic heterocycles. The van der Waals surface area contributed by atoms with Crippen molar-refractivity contribution in [2.24, 2.45) is 21.7 Å². The number of aliphatic hydroxyl groups is 1. The van der Waals surface area contributed by atoms with Crippen LogP contribution in [-0.4, -0.2) is 89.1 Å². The number of carbonyl (C=O) groups is 4. The van der Waals surface area contributed by atoms with E-state index in [1.54, 1.807) is 33.5 Å². The smallest absolute Gasteiger partial charge is 0.241 e. The van der Waals surface area contributed by atoms with Gasteiger partial charge in [-0.15, -0.1) is 0 Å².